The lowest BCUT2D eigenvalue weighted by Crippen LogP contribution is -2.17. The van der Waals surface area contributed by atoms with Crippen molar-refractivity contribution in [3.8, 4) is 0 Å². The van der Waals surface area contributed by atoms with Crippen LogP contribution in [0.5, 0.6) is 0 Å². The number of hydrogen-bond donors (Lipinski definition) is 3. The maximum Gasteiger partial charge on any atom is 0.337 e. The van der Waals surface area contributed by atoms with Crippen LogP contribution in [0.3, 0.4) is 0 Å². The summed E-state index contributed by atoms with van der Waals surface area (Å²) in [5, 5.41) is 16.1. The molecule has 35 heavy (non-hydrogen) atoms. The molecule has 6 nitrogen and oxygen atoms in total. The van der Waals surface area contributed by atoms with Gasteiger partial charge in [-0.3, -0.25) is 9.59 Å². The van der Waals surface area contributed by atoms with E-state index in [1.165, 1.54) is 29.5 Å². The minimum atomic E-state index is -1.23. The molecule has 0 atom stereocenters. The minimum Gasteiger partial charge on any atom is -0.478 e. The zero-order valence-electron chi connectivity index (χ0n) is 19.3. The van der Waals surface area contributed by atoms with Gasteiger partial charge < -0.3 is 15.7 Å². The van der Waals surface area contributed by atoms with Gasteiger partial charge in [0.05, 0.1) is 16.3 Å². The van der Waals surface area contributed by atoms with E-state index in [1.807, 2.05) is 48.5 Å². The molecule has 1 heterocycles. The molecule has 178 valence electrons. The van der Waals surface area contributed by atoms with E-state index in [1.54, 1.807) is 0 Å². The number of fused-ring (bicyclic) bond motifs is 1. The van der Waals surface area contributed by atoms with Gasteiger partial charge in [-0.25, -0.2) is 4.79 Å². The molecule has 3 N–H and O–H groups in total. The SMILES string of the molecule is CC(C)(C)c1ccc(NC(=O)c2ccc(C(=O)O)c(NC(=O)c3sc4ccccc4c3Cl)c2)cc1. The molecule has 3 aromatic carbocycles. The van der Waals surface area contributed by atoms with Crippen molar-refractivity contribution < 1.29 is 19.5 Å². The number of carboxylic acids is 1. The number of carbonyl (C=O) groups excluding carboxylic acids is 2. The Balaban J connectivity index is 1.59. The molecule has 0 aliphatic heterocycles. The molecule has 0 aliphatic rings. The molecule has 0 radical (unpaired) electrons. The van der Waals surface area contributed by atoms with Crippen molar-refractivity contribution >= 4 is 62.2 Å². The van der Waals surface area contributed by atoms with E-state index in [9.17, 15) is 19.5 Å². The lowest BCUT2D eigenvalue weighted by atomic mass is 9.87. The Hall–Kier alpha value is -3.68. The van der Waals surface area contributed by atoms with Crippen LogP contribution in [0.25, 0.3) is 10.1 Å². The summed E-state index contributed by atoms with van der Waals surface area (Å²) in [6, 6.07) is 18.9. The molecular weight excluding hydrogens is 484 g/mol. The van der Waals surface area contributed by atoms with Crippen LogP contribution >= 0.6 is 22.9 Å². The Labute approximate surface area is 211 Å². The molecule has 0 fully saturated rings. The third kappa shape index (κ3) is 5.21. The zero-order chi connectivity index (χ0) is 25.3. The minimum absolute atomic E-state index is 0.00625. The van der Waals surface area contributed by atoms with E-state index in [-0.39, 0.29) is 27.1 Å². The van der Waals surface area contributed by atoms with Gasteiger partial charge >= 0.3 is 5.97 Å². The van der Waals surface area contributed by atoms with Crippen LogP contribution in [0.1, 0.15) is 56.7 Å². The van der Waals surface area contributed by atoms with Gasteiger partial charge in [0.15, 0.2) is 0 Å². The van der Waals surface area contributed by atoms with E-state index in [2.05, 4.69) is 31.4 Å². The first-order valence-corrected chi connectivity index (χ1v) is 12.0. The average molecular weight is 507 g/mol. The molecule has 0 unspecified atom stereocenters. The van der Waals surface area contributed by atoms with Crippen molar-refractivity contribution in [2.75, 3.05) is 10.6 Å². The third-order valence-corrected chi connectivity index (χ3v) is 7.18. The standard InChI is InChI=1S/C27H23ClN2O4S/c1-27(2,3)16-9-11-17(12-10-16)29-24(31)15-8-13-18(26(33)34)20(14-15)30-25(32)23-22(28)19-6-4-5-7-21(19)35-23/h4-14H,1-3H3,(H,29,31)(H,30,32)(H,33,34). The van der Waals surface area contributed by atoms with Gasteiger partial charge in [-0.15, -0.1) is 11.3 Å². The molecule has 8 heteroatoms. The largest absolute Gasteiger partial charge is 0.478 e. The summed E-state index contributed by atoms with van der Waals surface area (Å²) in [6.07, 6.45) is 0. The Bertz CT molecular complexity index is 1450. The molecule has 4 aromatic rings. The number of nitrogens with one attached hydrogen (secondary N) is 2. The van der Waals surface area contributed by atoms with Crippen molar-refractivity contribution in [1.29, 1.82) is 0 Å². The van der Waals surface area contributed by atoms with Gasteiger partial charge in [0, 0.05) is 21.3 Å². The first-order valence-electron chi connectivity index (χ1n) is 10.8. The third-order valence-electron chi connectivity index (χ3n) is 5.51. The molecule has 0 aliphatic carbocycles. The van der Waals surface area contributed by atoms with Crippen LogP contribution in [0, 0.1) is 0 Å². The van der Waals surface area contributed by atoms with Gasteiger partial charge in [-0.2, -0.15) is 0 Å². The summed E-state index contributed by atoms with van der Waals surface area (Å²) in [6.45, 7) is 6.31. The van der Waals surface area contributed by atoms with E-state index in [0.717, 1.165) is 15.6 Å². The number of aromatic carboxylic acids is 1. The van der Waals surface area contributed by atoms with Crippen LogP contribution < -0.4 is 10.6 Å². The highest BCUT2D eigenvalue weighted by atomic mass is 35.5. The van der Waals surface area contributed by atoms with Crippen molar-refractivity contribution in [3.05, 3.63) is 93.3 Å². The van der Waals surface area contributed by atoms with Crippen LogP contribution in [-0.4, -0.2) is 22.9 Å². The van der Waals surface area contributed by atoms with Gasteiger partial charge in [-0.1, -0.05) is 62.7 Å². The quantitative estimate of drug-likeness (QED) is 0.270. The second-order valence-electron chi connectivity index (χ2n) is 9.04. The fourth-order valence-corrected chi connectivity index (χ4v) is 4.98. The van der Waals surface area contributed by atoms with Crippen molar-refractivity contribution in [3.63, 3.8) is 0 Å². The first kappa shape index (κ1) is 24.4. The number of benzene rings is 3. The molecular formula is C27H23ClN2O4S. The summed E-state index contributed by atoms with van der Waals surface area (Å²) < 4.78 is 0.840. The zero-order valence-corrected chi connectivity index (χ0v) is 20.9. The summed E-state index contributed by atoms with van der Waals surface area (Å²) in [5.41, 5.74) is 1.79. The monoisotopic (exact) mass is 506 g/mol. The number of thiophene rings is 1. The number of halogens is 1. The lowest BCUT2D eigenvalue weighted by Gasteiger charge is -2.19. The maximum absolute atomic E-state index is 13.0. The van der Waals surface area contributed by atoms with Crippen LogP contribution in [0.2, 0.25) is 5.02 Å². The smallest absolute Gasteiger partial charge is 0.337 e. The summed E-state index contributed by atoms with van der Waals surface area (Å²) in [4.78, 5) is 37.9. The topological polar surface area (TPSA) is 95.5 Å². The highest BCUT2D eigenvalue weighted by Gasteiger charge is 2.21. The van der Waals surface area contributed by atoms with Gasteiger partial charge in [0.25, 0.3) is 11.8 Å². The van der Waals surface area contributed by atoms with Gasteiger partial charge in [-0.05, 0) is 47.4 Å². The van der Waals surface area contributed by atoms with Crippen LogP contribution in [0.15, 0.2) is 66.7 Å². The second-order valence-corrected chi connectivity index (χ2v) is 10.5. The Morgan fingerprint density at radius 2 is 1.57 bits per heavy atom. The van der Waals surface area contributed by atoms with E-state index < -0.39 is 17.8 Å². The molecule has 0 spiro atoms. The fourth-order valence-electron chi connectivity index (χ4n) is 3.57. The van der Waals surface area contributed by atoms with Crippen molar-refractivity contribution in [2.45, 2.75) is 26.2 Å². The Morgan fingerprint density at radius 1 is 0.886 bits per heavy atom. The highest BCUT2D eigenvalue weighted by molar-refractivity contribution is 7.21. The fraction of sp³-hybridized carbons (Fsp3) is 0.148. The molecule has 0 bridgehead atoms. The highest BCUT2D eigenvalue weighted by Crippen LogP contribution is 2.36. The van der Waals surface area contributed by atoms with Crippen molar-refractivity contribution in [1.82, 2.24) is 0 Å². The predicted molar refractivity (Wildman–Crippen MR) is 141 cm³/mol. The predicted octanol–water partition coefficient (Wildman–Crippen LogP) is 7.06. The molecule has 0 saturated heterocycles. The number of amides is 2. The lowest BCUT2D eigenvalue weighted by molar-refractivity contribution is 0.0697. The summed E-state index contributed by atoms with van der Waals surface area (Å²) in [7, 11) is 0. The number of carboxylic acid groups (broad SMARTS) is 1. The van der Waals surface area contributed by atoms with E-state index in [0.29, 0.717) is 10.7 Å². The van der Waals surface area contributed by atoms with Gasteiger partial charge in [0.1, 0.15) is 4.88 Å². The van der Waals surface area contributed by atoms with Crippen LogP contribution in [0.4, 0.5) is 11.4 Å². The van der Waals surface area contributed by atoms with Crippen molar-refractivity contribution in [2.24, 2.45) is 0 Å². The molecule has 1 aromatic heterocycles. The van der Waals surface area contributed by atoms with Crippen LogP contribution in [-0.2, 0) is 5.41 Å². The van der Waals surface area contributed by atoms with E-state index in [4.69, 9.17) is 11.6 Å². The number of anilines is 2. The number of hydrogen-bond acceptors (Lipinski definition) is 4. The summed E-state index contributed by atoms with van der Waals surface area (Å²) in [5.74, 6) is -2.21. The molecule has 4 rings (SSSR count). The van der Waals surface area contributed by atoms with E-state index >= 15 is 0 Å². The maximum atomic E-state index is 13.0. The molecule has 2 amide bonds. The second kappa shape index (κ2) is 9.52. The Kier molecular flexibility index (Phi) is 6.65. The Morgan fingerprint density at radius 3 is 2.20 bits per heavy atom. The average Bonchev–Trinajstić information content (AvgIpc) is 3.15. The molecule has 0 saturated carbocycles. The summed E-state index contributed by atoms with van der Waals surface area (Å²) >= 11 is 7.61. The first-order chi connectivity index (χ1) is 16.5. The number of carbonyl (C=O) groups is 3. The van der Waals surface area contributed by atoms with Gasteiger partial charge in [0.2, 0.25) is 0 Å². The number of rotatable bonds is 5. The normalized spacial score (nSPS) is 11.3.